The molecule has 0 fully saturated rings. The Morgan fingerprint density at radius 3 is 2.47 bits per heavy atom. The molecule has 2 N–H and O–H groups in total. The van der Waals surface area contributed by atoms with E-state index in [2.05, 4.69) is 76.7 Å². The van der Waals surface area contributed by atoms with Crippen molar-refractivity contribution in [2.75, 3.05) is 0 Å². The zero-order valence-corrected chi connectivity index (χ0v) is 19.9. The van der Waals surface area contributed by atoms with Gasteiger partial charge >= 0.3 is 0 Å². The summed E-state index contributed by atoms with van der Waals surface area (Å²) in [6, 6.07) is 25.3. The van der Waals surface area contributed by atoms with Gasteiger partial charge in [-0.3, -0.25) is 0 Å². The van der Waals surface area contributed by atoms with Gasteiger partial charge in [-0.25, -0.2) is 10.1 Å². The minimum atomic E-state index is 0.165. The molecule has 0 amide bonds. The Morgan fingerprint density at radius 2 is 1.65 bits per heavy atom. The topological polar surface area (TPSA) is 69.7 Å². The van der Waals surface area contributed by atoms with Crippen molar-refractivity contribution in [1.82, 2.24) is 20.4 Å². The van der Waals surface area contributed by atoms with Crippen LogP contribution < -0.4 is 5.49 Å². The summed E-state index contributed by atoms with van der Waals surface area (Å²) >= 11 is 0. The number of benzene rings is 3. The van der Waals surface area contributed by atoms with Crippen molar-refractivity contribution in [3.8, 4) is 0 Å². The summed E-state index contributed by atoms with van der Waals surface area (Å²) in [7, 11) is 0. The Labute approximate surface area is 200 Å². The van der Waals surface area contributed by atoms with E-state index >= 15 is 0 Å². The van der Waals surface area contributed by atoms with Crippen molar-refractivity contribution in [3.05, 3.63) is 95.1 Å². The molecule has 0 spiro atoms. The molecule has 2 heterocycles. The van der Waals surface area contributed by atoms with E-state index in [-0.39, 0.29) is 5.92 Å². The quantitative estimate of drug-likeness (QED) is 0.252. The second kappa shape index (κ2) is 10.0. The second-order valence-electron chi connectivity index (χ2n) is 8.81. The molecule has 5 heteroatoms. The molecule has 34 heavy (non-hydrogen) atoms. The van der Waals surface area contributed by atoms with Crippen molar-refractivity contribution in [2.45, 2.75) is 51.9 Å². The number of H-pyrrole nitrogens is 2. The third kappa shape index (κ3) is 4.26. The predicted molar refractivity (Wildman–Crippen MR) is 139 cm³/mol. The van der Waals surface area contributed by atoms with E-state index in [1.165, 1.54) is 40.2 Å². The first-order valence-corrected chi connectivity index (χ1v) is 12.3. The minimum absolute atomic E-state index is 0.165. The highest BCUT2D eigenvalue weighted by atomic mass is 15.3. The van der Waals surface area contributed by atoms with Gasteiger partial charge in [0.1, 0.15) is 0 Å². The predicted octanol–water partition coefficient (Wildman–Crippen LogP) is 6.95. The highest BCUT2D eigenvalue weighted by Gasteiger charge is 2.24. The van der Waals surface area contributed by atoms with Gasteiger partial charge in [0.2, 0.25) is 0 Å². The first-order chi connectivity index (χ1) is 16.8. The molecule has 0 saturated heterocycles. The Kier molecular flexibility index (Phi) is 6.52. The molecule has 1 unspecified atom stereocenters. The number of nitrogens with one attached hydrogen (secondary N) is 2. The van der Waals surface area contributed by atoms with Crippen molar-refractivity contribution in [2.24, 2.45) is 4.99 Å². The summed E-state index contributed by atoms with van der Waals surface area (Å²) in [5.41, 5.74) is 7.55. The van der Waals surface area contributed by atoms with E-state index in [4.69, 9.17) is 4.99 Å². The molecule has 5 nitrogen and oxygen atoms in total. The van der Waals surface area contributed by atoms with E-state index in [1.54, 1.807) is 0 Å². The lowest BCUT2D eigenvalue weighted by atomic mass is 9.83. The molecule has 0 bridgehead atoms. The van der Waals surface area contributed by atoms with Crippen LogP contribution in [0.2, 0.25) is 0 Å². The van der Waals surface area contributed by atoms with E-state index in [0.717, 1.165) is 41.7 Å². The van der Waals surface area contributed by atoms with Crippen LogP contribution in [0.3, 0.4) is 0 Å². The summed E-state index contributed by atoms with van der Waals surface area (Å²) in [5.74, 6) is 0.165. The molecule has 0 radical (unpaired) electrons. The number of rotatable bonds is 8. The van der Waals surface area contributed by atoms with Crippen LogP contribution in [0.5, 0.6) is 0 Å². The van der Waals surface area contributed by atoms with Gasteiger partial charge in [0.25, 0.3) is 0 Å². The van der Waals surface area contributed by atoms with E-state index in [9.17, 15) is 0 Å². The Morgan fingerprint density at radius 1 is 0.853 bits per heavy atom. The van der Waals surface area contributed by atoms with Crippen molar-refractivity contribution < 1.29 is 0 Å². The molecule has 5 rings (SSSR count). The van der Waals surface area contributed by atoms with Gasteiger partial charge in [0.05, 0.1) is 11.4 Å². The van der Waals surface area contributed by atoms with Crippen LogP contribution >= 0.6 is 0 Å². The monoisotopic (exact) mass is 449 g/mol. The fraction of sp³-hybridized carbons (Fsp3) is 0.276. The zero-order valence-electron chi connectivity index (χ0n) is 19.9. The maximum atomic E-state index is 4.99. The maximum Gasteiger partial charge on any atom is 0.153 e. The number of unbranched alkanes of at least 4 members (excludes halogenated alkanes) is 2. The van der Waals surface area contributed by atoms with Crippen LogP contribution in [0.1, 0.15) is 62.3 Å². The number of hydrogen-bond donors (Lipinski definition) is 2. The summed E-state index contributed by atoms with van der Waals surface area (Å²) in [4.78, 5) is 8.60. The molecule has 3 aromatic carbocycles. The number of para-hydroxylation sites is 2. The average molecular weight is 450 g/mol. The van der Waals surface area contributed by atoms with Crippen LogP contribution in [0.15, 0.2) is 77.8 Å². The normalized spacial score (nSPS) is 13.1. The molecule has 2 aromatic heterocycles. The summed E-state index contributed by atoms with van der Waals surface area (Å²) in [5, 5.41) is 14.4. The van der Waals surface area contributed by atoms with Gasteiger partial charge in [0, 0.05) is 33.3 Å². The molecule has 0 aliphatic carbocycles. The smallest absolute Gasteiger partial charge is 0.153 e. The summed E-state index contributed by atoms with van der Waals surface area (Å²) < 4.78 is 0. The van der Waals surface area contributed by atoms with E-state index in [0.29, 0.717) is 0 Å². The van der Waals surface area contributed by atoms with Crippen molar-refractivity contribution >= 4 is 27.5 Å². The van der Waals surface area contributed by atoms with E-state index < -0.39 is 0 Å². The van der Waals surface area contributed by atoms with Gasteiger partial charge in [-0.05, 0) is 42.7 Å². The highest BCUT2D eigenvalue weighted by molar-refractivity contribution is 6.09. The maximum absolute atomic E-state index is 4.99. The average Bonchev–Trinajstić information content (AvgIpc) is 3.27. The Bertz CT molecular complexity index is 1460. The van der Waals surface area contributed by atoms with Crippen molar-refractivity contribution in [1.29, 1.82) is 0 Å². The van der Waals surface area contributed by atoms with Crippen molar-refractivity contribution in [3.63, 3.8) is 0 Å². The first kappa shape index (κ1) is 22.1. The van der Waals surface area contributed by atoms with Gasteiger partial charge in [-0.15, -0.1) is 5.10 Å². The third-order valence-electron chi connectivity index (χ3n) is 6.61. The molecular formula is C29H31N5. The van der Waals surface area contributed by atoms with Crippen LogP contribution in [0.4, 0.5) is 5.69 Å². The third-order valence-corrected chi connectivity index (χ3v) is 6.61. The summed E-state index contributed by atoms with van der Waals surface area (Å²) in [6.45, 7) is 4.40. The summed E-state index contributed by atoms with van der Waals surface area (Å²) in [6.07, 6.45) is 5.39. The number of aromatic nitrogens is 4. The standard InChI is InChI=1S/C29H31N5/c1-3-5-7-15-22(21-17-12-19-26-27(21)23-16-10-11-18-25(23)31-26)28-24(4-2)32-34-33-29(28)30-20-13-8-6-9-14-20/h6,8-14,16-19,22,31H,3-5,7,15H2,1-2H3,(H,30,32,33). The Hall–Kier alpha value is -3.73. The molecule has 0 aliphatic rings. The fourth-order valence-electron chi connectivity index (χ4n) is 5.00. The second-order valence-corrected chi connectivity index (χ2v) is 8.81. The fourth-order valence-corrected chi connectivity index (χ4v) is 5.00. The van der Waals surface area contributed by atoms with Crippen LogP contribution in [0.25, 0.3) is 21.8 Å². The minimum Gasteiger partial charge on any atom is -0.355 e. The molecule has 0 aliphatic heterocycles. The number of fused-ring (bicyclic) bond motifs is 3. The Balaban J connectivity index is 1.78. The van der Waals surface area contributed by atoms with E-state index in [1.807, 2.05) is 30.3 Å². The van der Waals surface area contributed by atoms with Gasteiger partial charge < -0.3 is 4.98 Å². The molecular weight excluding hydrogens is 418 g/mol. The van der Waals surface area contributed by atoms with Gasteiger partial charge in [-0.1, -0.05) is 86.9 Å². The zero-order chi connectivity index (χ0) is 23.3. The lowest BCUT2D eigenvalue weighted by Gasteiger charge is -2.21. The molecule has 0 saturated carbocycles. The SMILES string of the molecule is CCCCCC(c1c(CC)nn[nH]c1=Nc1ccccc1)c1cccc2[nH]c3ccccc3c12. The number of aryl methyl sites for hydroxylation is 1. The lowest BCUT2D eigenvalue weighted by Crippen LogP contribution is -2.24. The highest BCUT2D eigenvalue weighted by Crippen LogP contribution is 2.38. The first-order valence-electron chi connectivity index (χ1n) is 12.3. The molecule has 5 aromatic rings. The number of nitrogens with zero attached hydrogens (tertiary/aromatic N) is 3. The van der Waals surface area contributed by atoms with Crippen LogP contribution in [-0.2, 0) is 6.42 Å². The van der Waals surface area contributed by atoms with Crippen LogP contribution in [0, 0.1) is 0 Å². The molecule has 1 atom stereocenters. The van der Waals surface area contributed by atoms with Gasteiger partial charge in [0.15, 0.2) is 5.49 Å². The number of aromatic amines is 2. The number of hydrogen-bond acceptors (Lipinski definition) is 3. The van der Waals surface area contributed by atoms with Gasteiger partial charge in [-0.2, -0.15) is 0 Å². The lowest BCUT2D eigenvalue weighted by molar-refractivity contribution is 0.600. The largest absolute Gasteiger partial charge is 0.355 e. The molecule has 172 valence electrons. The van der Waals surface area contributed by atoms with Crippen LogP contribution in [-0.4, -0.2) is 20.4 Å².